The van der Waals surface area contributed by atoms with Gasteiger partial charge in [-0.25, -0.2) is 0 Å². The zero-order chi connectivity index (χ0) is 7.45. The van der Waals surface area contributed by atoms with E-state index < -0.39 is 0 Å². The molecule has 1 aliphatic rings. The van der Waals surface area contributed by atoms with E-state index >= 15 is 0 Å². The lowest BCUT2D eigenvalue weighted by atomic mass is 10.3. The second kappa shape index (κ2) is 3.32. The van der Waals surface area contributed by atoms with E-state index in [9.17, 15) is 0 Å². The highest BCUT2D eigenvalue weighted by Gasteiger charge is 2.27. The van der Waals surface area contributed by atoms with Crippen molar-refractivity contribution in [2.75, 3.05) is 26.3 Å². The lowest BCUT2D eigenvalue weighted by molar-refractivity contribution is -0.231. The number of nitrogens with one attached hydrogen (secondary N) is 1. The van der Waals surface area contributed by atoms with E-state index in [0.29, 0.717) is 6.61 Å². The Hall–Kier alpha value is -0.120. The maximum absolute atomic E-state index is 5.42. The summed E-state index contributed by atoms with van der Waals surface area (Å²) in [5.74, 6) is -0.382. The zero-order valence-corrected chi connectivity index (χ0v) is 6.64. The standard InChI is InChI=1S/C7H15NO2/c1-3-9-7(2)6-8-4-5-10-7/h8H,3-6H2,1-2H3. The predicted molar refractivity (Wildman–Crippen MR) is 38.9 cm³/mol. The van der Waals surface area contributed by atoms with Crippen LogP contribution in [0.5, 0.6) is 0 Å². The van der Waals surface area contributed by atoms with E-state index in [1.165, 1.54) is 0 Å². The second-order valence-corrected chi connectivity index (χ2v) is 2.59. The molecule has 10 heavy (non-hydrogen) atoms. The van der Waals surface area contributed by atoms with Crippen LogP contribution in [0.1, 0.15) is 13.8 Å². The van der Waals surface area contributed by atoms with E-state index in [1.807, 2.05) is 13.8 Å². The maximum atomic E-state index is 5.42. The SMILES string of the molecule is CCOC1(C)CNCCO1. The molecule has 0 bridgehead atoms. The van der Waals surface area contributed by atoms with E-state index in [-0.39, 0.29) is 5.79 Å². The first-order chi connectivity index (χ1) is 4.77. The van der Waals surface area contributed by atoms with Crippen LogP contribution >= 0.6 is 0 Å². The molecular formula is C7H15NO2. The van der Waals surface area contributed by atoms with Crippen LogP contribution in [0.25, 0.3) is 0 Å². The van der Waals surface area contributed by atoms with Gasteiger partial charge in [-0.05, 0) is 13.8 Å². The number of hydrogen-bond donors (Lipinski definition) is 1. The highest BCUT2D eigenvalue weighted by Crippen LogP contribution is 2.12. The predicted octanol–water partition coefficient (Wildman–Crippen LogP) is 0.359. The molecule has 1 unspecified atom stereocenters. The van der Waals surface area contributed by atoms with Crippen LogP contribution < -0.4 is 5.32 Å². The summed E-state index contributed by atoms with van der Waals surface area (Å²) in [6, 6.07) is 0. The smallest absolute Gasteiger partial charge is 0.177 e. The average molecular weight is 145 g/mol. The van der Waals surface area contributed by atoms with Crippen molar-refractivity contribution in [1.29, 1.82) is 0 Å². The normalized spacial score (nSPS) is 34.2. The highest BCUT2D eigenvalue weighted by molar-refractivity contribution is 4.70. The summed E-state index contributed by atoms with van der Waals surface area (Å²) in [5, 5.41) is 3.21. The molecule has 3 nitrogen and oxygen atoms in total. The molecule has 0 aromatic rings. The molecule has 1 saturated heterocycles. The minimum absolute atomic E-state index is 0.382. The molecule has 0 radical (unpaired) electrons. The van der Waals surface area contributed by atoms with E-state index in [2.05, 4.69) is 5.32 Å². The molecule has 0 aromatic heterocycles. The molecule has 1 rings (SSSR count). The van der Waals surface area contributed by atoms with Crippen LogP contribution in [0.2, 0.25) is 0 Å². The largest absolute Gasteiger partial charge is 0.349 e. The summed E-state index contributed by atoms with van der Waals surface area (Å²) in [4.78, 5) is 0. The van der Waals surface area contributed by atoms with Crippen LogP contribution in [0.15, 0.2) is 0 Å². The van der Waals surface area contributed by atoms with Gasteiger partial charge in [-0.3, -0.25) is 0 Å². The topological polar surface area (TPSA) is 30.5 Å². The monoisotopic (exact) mass is 145 g/mol. The Morgan fingerprint density at radius 1 is 1.70 bits per heavy atom. The zero-order valence-electron chi connectivity index (χ0n) is 6.64. The van der Waals surface area contributed by atoms with Crippen LogP contribution in [0.4, 0.5) is 0 Å². The lowest BCUT2D eigenvalue weighted by Crippen LogP contribution is -2.49. The minimum atomic E-state index is -0.382. The van der Waals surface area contributed by atoms with Crippen LogP contribution in [0.3, 0.4) is 0 Å². The number of hydrogen-bond acceptors (Lipinski definition) is 3. The minimum Gasteiger partial charge on any atom is -0.349 e. The molecule has 0 aromatic carbocycles. The highest BCUT2D eigenvalue weighted by atomic mass is 16.7. The Kier molecular flexibility index (Phi) is 2.65. The van der Waals surface area contributed by atoms with Crippen molar-refractivity contribution in [3.8, 4) is 0 Å². The first-order valence-electron chi connectivity index (χ1n) is 3.75. The van der Waals surface area contributed by atoms with Crippen LogP contribution in [-0.2, 0) is 9.47 Å². The van der Waals surface area contributed by atoms with Gasteiger partial charge in [0.05, 0.1) is 6.61 Å². The van der Waals surface area contributed by atoms with Gasteiger partial charge in [-0.1, -0.05) is 0 Å². The molecule has 0 spiro atoms. The van der Waals surface area contributed by atoms with Crippen molar-refractivity contribution in [3.63, 3.8) is 0 Å². The Morgan fingerprint density at radius 2 is 2.50 bits per heavy atom. The Balaban J connectivity index is 2.32. The Bertz CT molecular complexity index is 94.3. The number of rotatable bonds is 2. The third-order valence-corrected chi connectivity index (χ3v) is 1.58. The van der Waals surface area contributed by atoms with Gasteiger partial charge in [0.2, 0.25) is 0 Å². The second-order valence-electron chi connectivity index (χ2n) is 2.59. The first kappa shape index (κ1) is 7.98. The fraction of sp³-hybridized carbons (Fsp3) is 1.00. The summed E-state index contributed by atoms with van der Waals surface area (Å²) in [5.41, 5.74) is 0. The Labute approximate surface area is 61.7 Å². The number of ether oxygens (including phenoxy) is 2. The molecular weight excluding hydrogens is 130 g/mol. The van der Waals surface area contributed by atoms with Gasteiger partial charge in [-0.2, -0.15) is 0 Å². The summed E-state index contributed by atoms with van der Waals surface area (Å²) < 4.78 is 10.8. The molecule has 1 N–H and O–H groups in total. The lowest BCUT2D eigenvalue weighted by Gasteiger charge is -2.33. The van der Waals surface area contributed by atoms with Crippen molar-refractivity contribution < 1.29 is 9.47 Å². The third-order valence-electron chi connectivity index (χ3n) is 1.58. The van der Waals surface area contributed by atoms with Crippen molar-refractivity contribution in [2.24, 2.45) is 0 Å². The molecule has 1 heterocycles. The van der Waals surface area contributed by atoms with E-state index in [1.54, 1.807) is 0 Å². The molecule has 1 fully saturated rings. The fourth-order valence-electron chi connectivity index (χ4n) is 1.10. The van der Waals surface area contributed by atoms with E-state index in [4.69, 9.17) is 9.47 Å². The van der Waals surface area contributed by atoms with E-state index in [0.717, 1.165) is 19.7 Å². The van der Waals surface area contributed by atoms with Gasteiger partial charge >= 0.3 is 0 Å². The summed E-state index contributed by atoms with van der Waals surface area (Å²) in [6.45, 7) is 7.12. The van der Waals surface area contributed by atoms with Crippen molar-refractivity contribution >= 4 is 0 Å². The summed E-state index contributed by atoms with van der Waals surface area (Å²) in [6.07, 6.45) is 0. The number of morpholine rings is 1. The molecule has 1 atom stereocenters. The molecule has 0 aliphatic carbocycles. The average Bonchev–Trinajstić information content (AvgIpc) is 1.89. The summed E-state index contributed by atoms with van der Waals surface area (Å²) in [7, 11) is 0. The van der Waals surface area contributed by atoms with Crippen LogP contribution in [-0.4, -0.2) is 32.1 Å². The third kappa shape index (κ3) is 1.94. The fourth-order valence-corrected chi connectivity index (χ4v) is 1.10. The Morgan fingerprint density at radius 3 is 3.00 bits per heavy atom. The van der Waals surface area contributed by atoms with Crippen molar-refractivity contribution in [3.05, 3.63) is 0 Å². The van der Waals surface area contributed by atoms with Gasteiger partial charge in [0.15, 0.2) is 5.79 Å². The molecule has 1 aliphatic heterocycles. The van der Waals surface area contributed by atoms with Crippen LogP contribution in [0, 0.1) is 0 Å². The molecule has 0 saturated carbocycles. The quantitative estimate of drug-likeness (QED) is 0.608. The summed E-state index contributed by atoms with van der Waals surface area (Å²) >= 11 is 0. The maximum Gasteiger partial charge on any atom is 0.177 e. The molecule has 3 heteroatoms. The molecule has 60 valence electrons. The van der Waals surface area contributed by atoms with Gasteiger partial charge in [0.25, 0.3) is 0 Å². The first-order valence-corrected chi connectivity index (χ1v) is 3.75. The van der Waals surface area contributed by atoms with Gasteiger partial charge in [-0.15, -0.1) is 0 Å². The van der Waals surface area contributed by atoms with Crippen molar-refractivity contribution in [1.82, 2.24) is 5.32 Å². The van der Waals surface area contributed by atoms with Crippen molar-refractivity contribution in [2.45, 2.75) is 19.6 Å². The van der Waals surface area contributed by atoms with Gasteiger partial charge in [0.1, 0.15) is 0 Å². The van der Waals surface area contributed by atoms with Gasteiger partial charge < -0.3 is 14.8 Å². The van der Waals surface area contributed by atoms with Gasteiger partial charge in [0, 0.05) is 19.7 Å². The molecule has 0 amide bonds.